The van der Waals surface area contributed by atoms with Gasteiger partial charge in [0.1, 0.15) is 23.9 Å². The van der Waals surface area contributed by atoms with Crippen LogP contribution in [-0.4, -0.2) is 132 Å². The van der Waals surface area contributed by atoms with E-state index in [1.165, 1.54) is 14.0 Å². The fourth-order valence-corrected chi connectivity index (χ4v) is 12.1. The average Bonchev–Trinajstić information content (AvgIpc) is 3.37. The maximum absolute atomic E-state index is 13.7. The van der Waals surface area contributed by atoms with Gasteiger partial charge in [-0.05, 0) is 31.0 Å². The maximum atomic E-state index is 13.7. The maximum Gasteiger partial charge on any atom is 0.338 e. The molecule has 12 nitrogen and oxygen atoms in total. The van der Waals surface area contributed by atoms with Gasteiger partial charge in [-0.2, -0.15) is 0 Å². The van der Waals surface area contributed by atoms with Crippen molar-refractivity contribution in [3.05, 3.63) is 35.9 Å². The first-order chi connectivity index (χ1) is 21.4. The van der Waals surface area contributed by atoms with Gasteiger partial charge in [0.2, 0.25) is 0 Å². The summed E-state index contributed by atoms with van der Waals surface area (Å²) in [5.41, 5.74) is -5.23. The Hall–Kier alpha value is -2.16. The van der Waals surface area contributed by atoms with Crippen LogP contribution in [0.5, 0.6) is 0 Å². The Morgan fingerprint density at radius 1 is 1.02 bits per heavy atom. The SMILES string of the molecule is CCN1CC2(COC)C3C(O)C4C1C3(C1C[C@@]3(O)[C@H](OC(=O)c5ccccc5)[C@@H]1[C@]4(OC(C)=O)C(O)[C@@H]3OC)[C@@H](OC)C[C@H]2O. The van der Waals surface area contributed by atoms with Gasteiger partial charge in [-0.25, -0.2) is 4.79 Å². The van der Waals surface area contributed by atoms with Crippen molar-refractivity contribution in [3.63, 3.8) is 0 Å². The molecule has 12 heteroatoms. The fraction of sp³-hybridized carbons (Fsp3) is 0.758. The Morgan fingerprint density at radius 2 is 1.73 bits per heavy atom. The summed E-state index contributed by atoms with van der Waals surface area (Å²) < 4.78 is 30.4. The van der Waals surface area contributed by atoms with Crippen LogP contribution in [0.15, 0.2) is 30.3 Å². The van der Waals surface area contributed by atoms with Crippen molar-refractivity contribution in [3.8, 4) is 0 Å². The predicted octanol–water partition coefficient (Wildman–Crippen LogP) is -0.00600. The van der Waals surface area contributed by atoms with Crippen molar-refractivity contribution >= 4 is 11.9 Å². The number of rotatable bonds is 8. The molecule has 0 amide bonds. The van der Waals surface area contributed by atoms with Crippen LogP contribution in [-0.2, 0) is 28.5 Å². The summed E-state index contributed by atoms with van der Waals surface area (Å²) >= 11 is 0. The highest BCUT2D eigenvalue weighted by atomic mass is 16.6. The highest BCUT2D eigenvalue weighted by Crippen LogP contribution is 2.80. The number of aliphatic hydroxyl groups is 4. The van der Waals surface area contributed by atoms with E-state index in [4.69, 9.17) is 23.7 Å². The number of ether oxygens (including phenoxy) is 5. The van der Waals surface area contributed by atoms with Gasteiger partial charge in [0.05, 0.1) is 30.5 Å². The van der Waals surface area contributed by atoms with Gasteiger partial charge in [0.25, 0.3) is 0 Å². The summed E-state index contributed by atoms with van der Waals surface area (Å²) in [5.74, 6) is -4.38. The number of likely N-dealkylation sites (tertiary alicyclic amines) is 1. The zero-order valence-electron chi connectivity index (χ0n) is 26.4. The molecular formula is C33H45NO11. The summed E-state index contributed by atoms with van der Waals surface area (Å²) in [7, 11) is 4.51. The lowest BCUT2D eigenvalue weighted by Crippen LogP contribution is -2.81. The molecule has 15 atom stereocenters. The zero-order chi connectivity index (χ0) is 32.3. The topological polar surface area (TPSA) is 164 Å². The molecule has 4 N–H and O–H groups in total. The molecule has 0 aromatic heterocycles. The standard InChI is InChI=1S/C33H45NO11/c1-6-34-14-30(15-41-3)19(36)12-20(42-4)32-18-13-31(40)27(44-29(39)17-10-8-7-9-11-17)21(18)33(45-16(2)35,26(38)28(31)43-5)22(25(32)34)23(37)24(30)32/h7-11,18-28,36-38,40H,6,12-15H2,1-5H3/t18?,19-,20+,21-,22?,23?,24?,25?,26?,27-,28+,30?,31-,32?,33-/m1/s1. The lowest BCUT2D eigenvalue weighted by Gasteiger charge is -2.70. The molecule has 7 rings (SSSR count). The van der Waals surface area contributed by atoms with Crippen LogP contribution in [0.3, 0.4) is 0 Å². The van der Waals surface area contributed by atoms with E-state index < -0.39 is 100 Å². The Balaban J connectivity index is 1.51. The summed E-state index contributed by atoms with van der Waals surface area (Å²) in [6, 6.07) is 7.95. The quantitative estimate of drug-likeness (QED) is 0.284. The minimum absolute atomic E-state index is 0.0198. The van der Waals surface area contributed by atoms with Crippen molar-refractivity contribution in [1.82, 2.24) is 4.90 Å². The number of aliphatic hydroxyl groups excluding tert-OH is 3. The summed E-state index contributed by atoms with van der Waals surface area (Å²) in [4.78, 5) is 29.0. The number of fused-ring (bicyclic) bond motifs is 2. The van der Waals surface area contributed by atoms with E-state index in [1.807, 2.05) is 6.92 Å². The van der Waals surface area contributed by atoms with Crippen LogP contribution in [0.1, 0.15) is 37.0 Å². The highest BCUT2D eigenvalue weighted by Gasteiger charge is 2.92. The van der Waals surface area contributed by atoms with Crippen molar-refractivity contribution in [1.29, 1.82) is 0 Å². The first-order valence-electron chi connectivity index (χ1n) is 16.0. The number of benzene rings is 1. The van der Waals surface area contributed by atoms with E-state index in [2.05, 4.69) is 4.90 Å². The monoisotopic (exact) mass is 631 g/mol. The minimum atomic E-state index is -1.87. The number of nitrogens with zero attached hydrogens (tertiary/aromatic N) is 1. The number of hydrogen-bond acceptors (Lipinski definition) is 12. The van der Waals surface area contributed by atoms with Gasteiger partial charge >= 0.3 is 11.9 Å². The first kappa shape index (κ1) is 31.4. The van der Waals surface area contributed by atoms with E-state index in [0.29, 0.717) is 13.1 Å². The molecule has 0 radical (unpaired) electrons. The van der Waals surface area contributed by atoms with E-state index >= 15 is 0 Å². The molecule has 7 bridgehead atoms. The molecule has 8 unspecified atom stereocenters. The number of hydrogen-bond donors (Lipinski definition) is 4. The van der Waals surface area contributed by atoms with Crippen LogP contribution in [0.2, 0.25) is 0 Å². The Morgan fingerprint density at radius 3 is 2.33 bits per heavy atom. The molecule has 6 aliphatic rings. The van der Waals surface area contributed by atoms with Gasteiger partial charge in [0, 0.05) is 75.8 Å². The third kappa shape index (κ3) is 3.55. The molecule has 1 aliphatic heterocycles. The van der Waals surface area contributed by atoms with Crippen LogP contribution in [0.25, 0.3) is 0 Å². The zero-order valence-corrected chi connectivity index (χ0v) is 26.4. The number of methoxy groups -OCH3 is 3. The molecule has 1 spiro atoms. The second-order valence-electron chi connectivity index (χ2n) is 14.2. The molecule has 248 valence electrons. The van der Waals surface area contributed by atoms with Crippen LogP contribution in [0.4, 0.5) is 0 Å². The minimum Gasteiger partial charge on any atom is -0.455 e. The fourth-order valence-electron chi connectivity index (χ4n) is 12.1. The molecule has 5 saturated carbocycles. The van der Waals surface area contributed by atoms with Gasteiger partial charge in [0.15, 0.2) is 5.60 Å². The van der Waals surface area contributed by atoms with E-state index in [9.17, 15) is 30.0 Å². The van der Waals surface area contributed by atoms with E-state index in [1.54, 1.807) is 44.6 Å². The van der Waals surface area contributed by atoms with Crippen molar-refractivity contribution in [2.75, 3.05) is 41.0 Å². The molecule has 45 heavy (non-hydrogen) atoms. The molecule has 6 fully saturated rings. The van der Waals surface area contributed by atoms with Crippen LogP contribution in [0, 0.1) is 34.5 Å². The van der Waals surface area contributed by atoms with Crippen LogP contribution < -0.4 is 0 Å². The van der Waals surface area contributed by atoms with Gasteiger partial charge in [-0.15, -0.1) is 0 Å². The van der Waals surface area contributed by atoms with Crippen LogP contribution >= 0.6 is 0 Å². The lowest BCUT2D eigenvalue weighted by atomic mass is 9.42. The lowest BCUT2D eigenvalue weighted by molar-refractivity contribution is -0.322. The number of carbonyl (C=O) groups excluding carboxylic acids is 2. The van der Waals surface area contributed by atoms with Crippen molar-refractivity contribution in [2.24, 2.45) is 34.5 Å². The number of piperidine rings is 1. The molecule has 5 aliphatic carbocycles. The second kappa shape index (κ2) is 10.4. The molecule has 1 saturated heterocycles. The van der Waals surface area contributed by atoms with Crippen molar-refractivity contribution in [2.45, 2.75) is 80.6 Å². The number of carbonyl (C=O) groups is 2. The second-order valence-corrected chi connectivity index (χ2v) is 14.2. The predicted molar refractivity (Wildman–Crippen MR) is 156 cm³/mol. The average molecular weight is 632 g/mol. The normalized spacial score (nSPS) is 50.7. The third-order valence-electron chi connectivity index (χ3n) is 12.9. The summed E-state index contributed by atoms with van der Waals surface area (Å²) in [6.45, 7) is 4.34. The molecule has 1 heterocycles. The summed E-state index contributed by atoms with van der Waals surface area (Å²) in [6.07, 6.45) is -6.51. The third-order valence-corrected chi connectivity index (χ3v) is 12.9. The molecule has 1 aromatic carbocycles. The van der Waals surface area contributed by atoms with Gasteiger partial charge < -0.3 is 44.1 Å². The largest absolute Gasteiger partial charge is 0.455 e. The Labute approximate surface area is 262 Å². The Kier molecular flexibility index (Phi) is 7.28. The molecular weight excluding hydrogens is 586 g/mol. The van der Waals surface area contributed by atoms with E-state index in [-0.39, 0.29) is 25.0 Å². The van der Waals surface area contributed by atoms with Crippen molar-refractivity contribution < 1.29 is 53.7 Å². The summed E-state index contributed by atoms with van der Waals surface area (Å²) in [5, 5.41) is 49.6. The Bertz CT molecular complexity index is 1350. The number of esters is 2. The van der Waals surface area contributed by atoms with Gasteiger partial charge in [-0.1, -0.05) is 25.1 Å². The first-order valence-corrected chi connectivity index (χ1v) is 16.0. The van der Waals surface area contributed by atoms with Gasteiger partial charge in [-0.3, -0.25) is 9.69 Å². The van der Waals surface area contributed by atoms with E-state index in [0.717, 1.165) is 0 Å². The smallest absolute Gasteiger partial charge is 0.338 e. The molecule has 1 aromatic rings. The highest BCUT2D eigenvalue weighted by molar-refractivity contribution is 5.89.